The van der Waals surface area contributed by atoms with Gasteiger partial charge in [-0.05, 0) is 87.4 Å². The molecule has 0 saturated carbocycles. The average molecular weight is 691 g/mol. The third-order valence-electron chi connectivity index (χ3n) is 8.18. The van der Waals surface area contributed by atoms with E-state index in [0.717, 1.165) is 35.4 Å². The average Bonchev–Trinajstić information content (AvgIpc) is 3.68. The minimum absolute atomic E-state index is 0.252. The molecule has 1 aliphatic heterocycles. The Bertz CT molecular complexity index is 2230. The van der Waals surface area contributed by atoms with Crippen molar-refractivity contribution in [3.8, 4) is 22.7 Å². The molecule has 11 heteroatoms. The molecule has 3 heterocycles. The standard InChI is InChI=1S/C39H38N4O6S/c1-6-7-21-48-31-19-17-26(18-20-31)34-29(23-42(41-34)30-11-9-8-10-12-30)22-32-36(44)43-35(27-13-15-28(16-14-27)37(45)47-5)33(38(46)49-24(2)3)25(4)40-39(43)50-32/h8-20,22-24,35H,6-7,21H2,1-5H3. The summed E-state index contributed by atoms with van der Waals surface area (Å²) < 4.78 is 20.1. The highest BCUT2D eigenvalue weighted by molar-refractivity contribution is 7.07. The number of esters is 2. The van der Waals surface area contributed by atoms with Crippen LogP contribution in [0, 0.1) is 0 Å². The largest absolute Gasteiger partial charge is 0.494 e. The molecular weight excluding hydrogens is 653 g/mol. The number of thiazole rings is 1. The second-order valence-electron chi connectivity index (χ2n) is 12.1. The number of nitrogens with zero attached hydrogens (tertiary/aromatic N) is 4. The summed E-state index contributed by atoms with van der Waals surface area (Å²) in [5, 5.41) is 4.94. The summed E-state index contributed by atoms with van der Waals surface area (Å²) in [6.45, 7) is 8.05. The van der Waals surface area contributed by atoms with Crippen LogP contribution in [0.2, 0.25) is 0 Å². The van der Waals surface area contributed by atoms with E-state index >= 15 is 0 Å². The maximum Gasteiger partial charge on any atom is 0.338 e. The fraction of sp³-hybridized carbons (Fsp3) is 0.256. The molecule has 1 atom stereocenters. The zero-order valence-corrected chi connectivity index (χ0v) is 29.4. The summed E-state index contributed by atoms with van der Waals surface area (Å²) in [7, 11) is 1.31. The molecule has 0 aliphatic carbocycles. The monoisotopic (exact) mass is 690 g/mol. The number of para-hydroxylation sites is 1. The fourth-order valence-corrected chi connectivity index (χ4v) is 6.75. The second kappa shape index (κ2) is 14.9. The van der Waals surface area contributed by atoms with Gasteiger partial charge in [0.2, 0.25) is 0 Å². The summed E-state index contributed by atoms with van der Waals surface area (Å²) >= 11 is 1.23. The van der Waals surface area contributed by atoms with Gasteiger partial charge >= 0.3 is 11.9 Å². The van der Waals surface area contributed by atoms with E-state index < -0.39 is 18.0 Å². The van der Waals surface area contributed by atoms with Crippen molar-refractivity contribution in [2.45, 2.75) is 52.7 Å². The Balaban J connectivity index is 1.49. The van der Waals surface area contributed by atoms with Gasteiger partial charge in [-0.2, -0.15) is 5.10 Å². The van der Waals surface area contributed by atoms with E-state index in [1.807, 2.05) is 66.9 Å². The molecule has 0 fully saturated rings. The smallest absolute Gasteiger partial charge is 0.338 e. The fourth-order valence-electron chi connectivity index (χ4n) is 5.71. The van der Waals surface area contributed by atoms with Crippen LogP contribution in [-0.2, 0) is 14.3 Å². The SMILES string of the molecule is CCCCOc1ccc(-c2nn(-c3ccccc3)cc2C=c2sc3n(c2=O)C(c2ccc(C(=O)OC)cc2)C(C(=O)OC(C)C)=C(C)N=3)cc1. The predicted octanol–water partition coefficient (Wildman–Crippen LogP) is 6.01. The van der Waals surface area contributed by atoms with Crippen LogP contribution < -0.4 is 19.6 Å². The van der Waals surface area contributed by atoms with Crippen LogP contribution in [0.5, 0.6) is 5.75 Å². The highest BCUT2D eigenvalue weighted by atomic mass is 32.1. The predicted molar refractivity (Wildman–Crippen MR) is 192 cm³/mol. The molecule has 0 amide bonds. The maximum atomic E-state index is 14.4. The maximum absolute atomic E-state index is 14.4. The van der Waals surface area contributed by atoms with Gasteiger partial charge in [-0.3, -0.25) is 9.36 Å². The lowest BCUT2D eigenvalue weighted by molar-refractivity contribution is -0.143. The molecule has 1 unspecified atom stereocenters. The number of benzene rings is 3. The van der Waals surface area contributed by atoms with E-state index in [4.69, 9.17) is 24.3 Å². The molecule has 10 nitrogen and oxygen atoms in total. The first kappa shape index (κ1) is 34.3. The first-order valence-electron chi connectivity index (χ1n) is 16.5. The number of hydrogen-bond donors (Lipinski definition) is 0. The molecule has 1 aliphatic rings. The number of methoxy groups -OCH3 is 1. The van der Waals surface area contributed by atoms with E-state index in [1.54, 1.807) is 49.7 Å². The van der Waals surface area contributed by atoms with Crippen LogP contribution in [0.3, 0.4) is 0 Å². The topological polar surface area (TPSA) is 114 Å². The molecule has 0 N–H and O–H groups in total. The third kappa shape index (κ3) is 7.09. The Morgan fingerprint density at radius 1 is 0.980 bits per heavy atom. The van der Waals surface area contributed by atoms with Crippen molar-refractivity contribution in [1.82, 2.24) is 14.3 Å². The van der Waals surface area contributed by atoms with Gasteiger partial charge in [-0.1, -0.05) is 55.0 Å². The van der Waals surface area contributed by atoms with Gasteiger partial charge in [0.05, 0.1) is 52.9 Å². The second-order valence-corrected chi connectivity index (χ2v) is 13.1. The quantitative estimate of drug-likeness (QED) is 0.123. The number of hydrogen-bond acceptors (Lipinski definition) is 9. The van der Waals surface area contributed by atoms with Gasteiger partial charge in [0, 0.05) is 17.3 Å². The first-order valence-corrected chi connectivity index (χ1v) is 17.3. The molecule has 5 aromatic rings. The van der Waals surface area contributed by atoms with E-state index in [1.165, 1.54) is 23.0 Å². The lowest BCUT2D eigenvalue weighted by Gasteiger charge is -2.25. The van der Waals surface area contributed by atoms with Crippen LogP contribution in [0.4, 0.5) is 0 Å². The van der Waals surface area contributed by atoms with Crippen molar-refractivity contribution >= 4 is 29.4 Å². The number of carbonyl (C=O) groups is 2. The first-order chi connectivity index (χ1) is 24.2. The van der Waals surface area contributed by atoms with Crippen LogP contribution in [0.15, 0.2) is 106 Å². The van der Waals surface area contributed by atoms with Crippen molar-refractivity contribution in [3.05, 3.63) is 133 Å². The number of aromatic nitrogens is 3. The number of ether oxygens (including phenoxy) is 3. The Hall–Kier alpha value is -5.55. The molecule has 0 saturated heterocycles. The van der Waals surface area contributed by atoms with Crippen LogP contribution in [-0.4, -0.2) is 46.1 Å². The minimum atomic E-state index is -0.835. The summed E-state index contributed by atoms with van der Waals surface area (Å²) in [6, 6.07) is 23.4. The number of allylic oxidation sites excluding steroid dienone is 1. The van der Waals surface area contributed by atoms with Crippen molar-refractivity contribution in [3.63, 3.8) is 0 Å². The molecular formula is C39H38N4O6S. The third-order valence-corrected chi connectivity index (χ3v) is 9.16. The zero-order chi connectivity index (χ0) is 35.4. The Kier molecular flexibility index (Phi) is 10.2. The van der Waals surface area contributed by atoms with Gasteiger partial charge in [-0.15, -0.1) is 0 Å². The molecule has 6 rings (SSSR count). The van der Waals surface area contributed by atoms with E-state index in [9.17, 15) is 14.4 Å². The van der Waals surface area contributed by atoms with Gasteiger partial charge < -0.3 is 14.2 Å². The molecule has 256 valence electrons. The molecule has 2 aromatic heterocycles. The highest BCUT2D eigenvalue weighted by Crippen LogP contribution is 2.32. The van der Waals surface area contributed by atoms with E-state index in [-0.39, 0.29) is 17.2 Å². The number of carbonyl (C=O) groups excluding carboxylic acids is 2. The number of rotatable bonds is 11. The van der Waals surface area contributed by atoms with Gasteiger partial charge in [0.25, 0.3) is 5.56 Å². The molecule has 0 radical (unpaired) electrons. The van der Waals surface area contributed by atoms with Crippen molar-refractivity contribution in [2.24, 2.45) is 4.99 Å². The summed E-state index contributed by atoms with van der Waals surface area (Å²) in [5.41, 5.74) is 4.49. The van der Waals surface area contributed by atoms with Gasteiger partial charge in [0.1, 0.15) is 11.4 Å². The molecule has 0 bridgehead atoms. The number of fused-ring (bicyclic) bond motifs is 1. The minimum Gasteiger partial charge on any atom is -0.494 e. The van der Waals surface area contributed by atoms with E-state index in [0.29, 0.717) is 38.5 Å². The van der Waals surface area contributed by atoms with Crippen molar-refractivity contribution in [1.29, 1.82) is 0 Å². The van der Waals surface area contributed by atoms with Crippen LogP contribution >= 0.6 is 11.3 Å². The summed E-state index contributed by atoms with van der Waals surface area (Å²) in [5.74, 6) is -0.274. The van der Waals surface area contributed by atoms with Crippen LogP contribution in [0.25, 0.3) is 23.0 Å². The van der Waals surface area contributed by atoms with Crippen LogP contribution in [0.1, 0.15) is 68.1 Å². The zero-order valence-electron chi connectivity index (χ0n) is 28.6. The molecule has 3 aromatic carbocycles. The van der Waals surface area contributed by atoms with E-state index in [2.05, 4.69) is 6.92 Å². The Labute approximate surface area is 293 Å². The van der Waals surface area contributed by atoms with Crippen molar-refractivity contribution < 1.29 is 23.8 Å². The highest BCUT2D eigenvalue weighted by Gasteiger charge is 2.34. The normalized spacial score (nSPS) is 14.4. The lowest BCUT2D eigenvalue weighted by Crippen LogP contribution is -2.40. The summed E-state index contributed by atoms with van der Waals surface area (Å²) in [6.07, 6.45) is 5.36. The molecule has 0 spiro atoms. The Morgan fingerprint density at radius 2 is 1.70 bits per heavy atom. The lowest BCUT2D eigenvalue weighted by atomic mass is 9.95. The van der Waals surface area contributed by atoms with Gasteiger partial charge in [0.15, 0.2) is 4.80 Å². The summed E-state index contributed by atoms with van der Waals surface area (Å²) in [4.78, 5) is 45.3. The number of unbranched alkanes of at least 4 members (excludes halogenated alkanes) is 1. The van der Waals surface area contributed by atoms with Gasteiger partial charge in [-0.25, -0.2) is 19.3 Å². The van der Waals surface area contributed by atoms with Crippen molar-refractivity contribution in [2.75, 3.05) is 13.7 Å². The molecule has 50 heavy (non-hydrogen) atoms. The Morgan fingerprint density at radius 3 is 2.36 bits per heavy atom.